The van der Waals surface area contributed by atoms with Crippen LogP contribution in [0.15, 0.2) is 0 Å². The second kappa shape index (κ2) is 6.48. The maximum atomic E-state index is 11.5. The molecule has 1 amide bonds. The Kier molecular flexibility index (Phi) is 5.25. The average molecular weight is 228 g/mol. The van der Waals surface area contributed by atoms with Crippen LogP contribution in [0.2, 0.25) is 0 Å². The maximum Gasteiger partial charge on any atom is 0.343 e. The van der Waals surface area contributed by atoms with Crippen LogP contribution >= 0.6 is 0 Å². The van der Waals surface area contributed by atoms with Crippen LogP contribution in [-0.4, -0.2) is 24.1 Å². The Morgan fingerprint density at radius 1 is 1.38 bits per heavy atom. The van der Waals surface area contributed by atoms with Crippen molar-refractivity contribution in [3.05, 3.63) is 0 Å². The second-order valence-electron chi connectivity index (χ2n) is 4.10. The number of amides is 1. The Morgan fingerprint density at radius 2 is 2.00 bits per heavy atom. The van der Waals surface area contributed by atoms with Gasteiger partial charge < -0.3 is 15.8 Å². The van der Waals surface area contributed by atoms with E-state index in [2.05, 4.69) is 5.32 Å². The Morgan fingerprint density at radius 3 is 2.56 bits per heavy atom. The van der Waals surface area contributed by atoms with Crippen molar-refractivity contribution < 1.29 is 14.3 Å². The van der Waals surface area contributed by atoms with Gasteiger partial charge in [0.2, 0.25) is 5.91 Å². The number of hydrogen-bond acceptors (Lipinski definition) is 4. The van der Waals surface area contributed by atoms with E-state index >= 15 is 0 Å². The number of nitrogens with two attached hydrogens (primary N) is 1. The molecule has 16 heavy (non-hydrogen) atoms. The van der Waals surface area contributed by atoms with E-state index in [-0.39, 0.29) is 12.0 Å². The molecule has 0 aromatic heterocycles. The zero-order chi connectivity index (χ0) is 12.0. The van der Waals surface area contributed by atoms with Gasteiger partial charge in [-0.1, -0.05) is 13.3 Å². The Hall–Kier alpha value is -1.10. The van der Waals surface area contributed by atoms with Gasteiger partial charge in [-0.05, 0) is 25.7 Å². The number of ether oxygens (including phenoxy) is 1. The lowest BCUT2D eigenvalue weighted by Gasteiger charge is -2.23. The van der Waals surface area contributed by atoms with Crippen LogP contribution in [0.4, 0.5) is 0 Å². The molecule has 5 heteroatoms. The molecule has 0 radical (unpaired) electrons. The predicted molar refractivity (Wildman–Crippen MR) is 59.4 cm³/mol. The van der Waals surface area contributed by atoms with E-state index in [1.54, 1.807) is 6.92 Å². The molecule has 1 rings (SSSR count). The SMILES string of the molecule is CCC(=O)NC(N)C(=O)OC1CCCCC1. The zero-order valence-electron chi connectivity index (χ0n) is 9.70. The van der Waals surface area contributed by atoms with Gasteiger partial charge in [0.05, 0.1) is 0 Å². The summed E-state index contributed by atoms with van der Waals surface area (Å²) in [7, 11) is 0. The summed E-state index contributed by atoms with van der Waals surface area (Å²) in [5.41, 5.74) is 5.50. The Balaban J connectivity index is 2.29. The van der Waals surface area contributed by atoms with Gasteiger partial charge in [-0.3, -0.25) is 4.79 Å². The van der Waals surface area contributed by atoms with Crippen molar-refractivity contribution in [2.75, 3.05) is 0 Å². The van der Waals surface area contributed by atoms with Gasteiger partial charge in [-0.25, -0.2) is 4.79 Å². The van der Waals surface area contributed by atoms with Crippen molar-refractivity contribution >= 4 is 11.9 Å². The summed E-state index contributed by atoms with van der Waals surface area (Å²) in [6, 6.07) is 0. The number of carbonyl (C=O) groups is 2. The summed E-state index contributed by atoms with van der Waals surface area (Å²) in [6.07, 6.45) is 4.45. The van der Waals surface area contributed by atoms with Gasteiger partial charge in [0, 0.05) is 6.42 Å². The predicted octanol–water partition coefficient (Wildman–Crippen LogP) is 0.673. The van der Waals surface area contributed by atoms with Gasteiger partial charge in [0.1, 0.15) is 6.10 Å². The molecule has 0 spiro atoms. The van der Waals surface area contributed by atoms with Crippen LogP contribution in [-0.2, 0) is 14.3 Å². The molecule has 92 valence electrons. The molecule has 1 saturated carbocycles. The van der Waals surface area contributed by atoms with Crippen LogP contribution in [0.5, 0.6) is 0 Å². The smallest absolute Gasteiger partial charge is 0.343 e. The molecule has 1 aliphatic carbocycles. The molecule has 0 aromatic rings. The average Bonchev–Trinajstić information content (AvgIpc) is 2.30. The molecular weight excluding hydrogens is 208 g/mol. The standard InChI is InChI=1S/C11H20N2O3/c1-2-9(14)13-10(12)11(15)16-8-6-4-3-5-7-8/h8,10H,2-7,12H2,1H3,(H,13,14). The summed E-state index contributed by atoms with van der Waals surface area (Å²) >= 11 is 0. The summed E-state index contributed by atoms with van der Waals surface area (Å²) in [4.78, 5) is 22.5. The third-order valence-corrected chi connectivity index (χ3v) is 2.73. The maximum absolute atomic E-state index is 11.5. The quantitative estimate of drug-likeness (QED) is 0.547. The molecule has 1 unspecified atom stereocenters. The molecule has 1 fully saturated rings. The van der Waals surface area contributed by atoms with Crippen molar-refractivity contribution in [2.45, 2.75) is 57.7 Å². The fraction of sp³-hybridized carbons (Fsp3) is 0.818. The normalized spacial score (nSPS) is 18.9. The van der Waals surface area contributed by atoms with Crippen molar-refractivity contribution in [3.63, 3.8) is 0 Å². The summed E-state index contributed by atoms with van der Waals surface area (Å²) in [5, 5.41) is 2.38. The highest BCUT2D eigenvalue weighted by Gasteiger charge is 2.22. The van der Waals surface area contributed by atoms with Crippen LogP contribution in [0.3, 0.4) is 0 Å². The van der Waals surface area contributed by atoms with Gasteiger partial charge in [-0.2, -0.15) is 0 Å². The van der Waals surface area contributed by atoms with Crippen LogP contribution in [0.1, 0.15) is 45.4 Å². The molecule has 3 N–H and O–H groups in total. The molecule has 5 nitrogen and oxygen atoms in total. The van der Waals surface area contributed by atoms with Crippen LogP contribution in [0.25, 0.3) is 0 Å². The fourth-order valence-corrected chi connectivity index (χ4v) is 1.75. The third kappa shape index (κ3) is 4.18. The molecule has 1 atom stereocenters. The lowest BCUT2D eigenvalue weighted by molar-refractivity contribution is -0.154. The van der Waals surface area contributed by atoms with Crippen LogP contribution < -0.4 is 11.1 Å². The Labute approximate surface area is 95.7 Å². The molecule has 0 aromatic carbocycles. The Bertz CT molecular complexity index is 250. The highest BCUT2D eigenvalue weighted by Crippen LogP contribution is 2.20. The van der Waals surface area contributed by atoms with Crippen molar-refractivity contribution in [1.82, 2.24) is 5.32 Å². The molecule has 0 saturated heterocycles. The monoisotopic (exact) mass is 228 g/mol. The van der Waals surface area contributed by atoms with Gasteiger partial charge >= 0.3 is 5.97 Å². The van der Waals surface area contributed by atoms with Crippen molar-refractivity contribution in [1.29, 1.82) is 0 Å². The number of nitrogens with one attached hydrogen (secondary N) is 1. The lowest BCUT2D eigenvalue weighted by Crippen LogP contribution is -2.49. The third-order valence-electron chi connectivity index (χ3n) is 2.73. The van der Waals surface area contributed by atoms with E-state index in [4.69, 9.17) is 10.5 Å². The topological polar surface area (TPSA) is 81.4 Å². The van der Waals surface area contributed by atoms with Crippen molar-refractivity contribution in [2.24, 2.45) is 5.73 Å². The first-order chi connectivity index (χ1) is 7.63. The first-order valence-corrected chi connectivity index (χ1v) is 5.89. The minimum atomic E-state index is -1.03. The largest absolute Gasteiger partial charge is 0.460 e. The minimum absolute atomic E-state index is 0.0224. The first-order valence-electron chi connectivity index (χ1n) is 5.89. The highest BCUT2D eigenvalue weighted by atomic mass is 16.5. The van der Waals surface area contributed by atoms with Crippen molar-refractivity contribution in [3.8, 4) is 0 Å². The summed E-state index contributed by atoms with van der Waals surface area (Å²) < 4.78 is 5.22. The molecule has 0 aliphatic heterocycles. The molecular formula is C11H20N2O3. The zero-order valence-corrected chi connectivity index (χ0v) is 9.70. The van der Waals surface area contributed by atoms with Gasteiger partial charge in [0.25, 0.3) is 0 Å². The van der Waals surface area contributed by atoms with E-state index in [1.165, 1.54) is 6.42 Å². The molecule has 0 bridgehead atoms. The van der Waals surface area contributed by atoms with E-state index in [9.17, 15) is 9.59 Å². The van der Waals surface area contributed by atoms with E-state index < -0.39 is 12.1 Å². The first kappa shape index (κ1) is 13.0. The van der Waals surface area contributed by atoms with E-state index in [0.717, 1.165) is 25.7 Å². The van der Waals surface area contributed by atoms with Gasteiger partial charge in [0.15, 0.2) is 6.17 Å². The highest BCUT2D eigenvalue weighted by molar-refractivity contribution is 5.83. The summed E-state index contributed by atoms with van der Waals surface area (Å²) in [5.74, 6) is -0.776. The number of rotatable bonds is 4. The summed E-state index contributed by atoms with van der Waals surface area (Å²) in [6.45, 7) is 1.70. The second-order valence-corrected chi connectivity index (χ2v) is 4.10. The molecule has 1 aliphatic rings. The minimum Gasteiger partial charge on any atom is -0.460 e. The molecule has 0 heterocycles. The fourth-order valence-electron chi connectivity index (χ4n) is 1.75. The number of hydrogen-bond donors (Lipinski definition) is 2. The number of esters is 1. The lowest BCUT2D eigenvalue weighted by atomic mass is 9.98. The van der Waals surface area contributed by atoms with E-state index in [0.29, 0.717) is 6.42 Å². The number of carbonyl (C=O) groups excluding carboxylic acids is 2. The van der Waals surface area contributed by atoms with E-state index in [1.807, 2.05) is 0 Å². The van der Waals surface area contributed by atoms with Crippen LogP contribution in [0, 0.1) is 0 Å². The van der Waals surface area contributed by atoms with Gasteiger partial charge in [-0.15, -0.1) is 0 Å².